The SMILES string of the molecule is CC1(C)c2ccccc2-c2cccc(-c3ccccc3-c3ccc(N(c4ccc(-c5cccc6oc7ccccc7c56)cc4)c4ccc5c(c4)C4(CCCC4)c4ccccc4-5)cc3)c21. The molecule has 3 aliphatic carbocycles. The fraction of sp³-hybridized carbons (Fsp3) is 0.129. The Balaban J connectivity index is 0.935. The van der Waals surface area contributed by atoms with Crippen LogP contribution in [0.15, 0.2) is 205 Å². The van der Waals surface area contributed by atoms with Crippen LogP contribution in [0.2, 0.25) is 0 Å². The van der Waals surface area contributed by atoms with E-state index in [1.807, 2.05) is 6.07 Å². The number of benzene rings is 9. The van der Waals surface area contributed by atoms with Crippen LogP contribution in [-0.2, 0) is 10.8 Å². The molecule has 0 aliphatic heterocycles. The molecule has 10 aromatic rings. The first-order chi connectivity index (χ1) is 31.5. The van der Waals surface area contributed by atoms with Crippen molar-refractivity contribution in [1.82, 2.24) is 0 Å². The second kappa shape index (κ2) is 14.0. The van der Waals surface area contributed by atoms with Gasteiger partial charge in [-0.2, -0.15) is 0 Å². The first kappa shape index (κ1) is 37.2. The van der Waals surface area contributed by atoms with Gasteiger partial charge in [0.25, 0.3) is 0 Å². The first-order valence-electron chi connectivity index (χ1n) is 23.0. The van der Waals surface area contributed by atoms with Crippen LogP contribution in [0.3, 0.4) is 0 Å². The summed E-state index contributed by atoms with van der Waals surface area (Å²) >= 11 is 0. The first-order valence-corrected chi connectivity index (χ1v) is 23.0. The molecule has 1 heterocycles. The van der Waals surface area contributed by atoms with Gasteiger partial charge in [-0.05, 0) is 139 Å². The van der Waals surface area contributed by atoms with Crippen molar-refractivity contribution < 1.29 is 4.42 Å². The van der Waals surface area contributed by atoms with E-state index in [2.05, 4.69) is 213 Å². The smallest absolute Gasteiger partial charge is 0.136 e. The number of hydrogen-bond acceptors (Lipinski definition) is 2. The minimum atomic E-state index is -0.108. The van der Waals surface area contributed by atoms with Crippen LogP contribution in [0.4, 0.5) is 17.1 Å². The summed E-state index contributed by atoms with van der Waals surface area (Å²) < 4.78 is 6.30. The van der Waals surface area contributed by atoms with Crippen LogP contribution in [0, 0.1) is 0 Å². The molecule has 1 spiro atoms. The van der Waals surface area contributed by atoms with Crippen molar-refractivity contribution >= 4 is 39.0 Å². The van der Waals surface area contributed by atoms with Crippen LogP contribution in [0.1, 0.15) is 61.8 Å². The Bertz CT molecular complexity index is 3470. The monoisotopic (exact) mass is 821 g/mol. The molecule has 0 atom stereocenters. The Kier molecular flexibility index (Phi) is 8.15. The van der Waals surface area contributed by atoms with Crippen molar-refractivity contribution in [3.63, 3.8) is 0 Å². The lowest BCUT2D eigenvalue weighted by Crippen LogP contribution is -2.21. The van der Waals surface area contributed by atoms with E-state index >= 15 is 0 Å². The summed E-state index contributed by atoms with van der Waals surface area (Å²) in [6.07, 6.45) is 4.93. The summed E-state index contributed by atoms with van der Waals surface area (Å²) in [4.78, 5) is 2.46. The standard InChI is InChI=1S/C62H47NO/c1-61(2)54-23-8-5-18-49(54)52-22-13-21-51(60(52)61)47-16-4-3-15-45(47)40-27-31-42(32-28-40)63(44-35-36-50-48-17-6-9-24-55(48)62(56(50)39-44)37-11-12-38-62)43-33-29-41(30-34-43)46-20-14-26-58-59(46)53-19-7-10-25-57(53)64-58/h3-10,13-36,39H,11-12,37-38H2,1-2H3. The molecule has 0 bridgehead atoms. The number of hydrogen-bond donors (Lipinski definition) is 0. The Morgan fingerprint density at radius 3 is 1.62 bits per heavy atom. The summed E-state index contributed by atoms with van der Waals surface area (Å²) in [7, 11) is 0. The number of para-hydroxylation sites is 1. The molecular formula is C62H47NO. The highest BCUT2D eigenvalue weighted by molar-refractivity contribution is 6.12. The predicted octanol–water partition coefficient (Wildman–Crippen LogP) is 17.2. The summed E-state index contributed by atoms with van der Waals surface area (Å²) in [5.74, 6) is 0. The lowest BCUT2D eigenvalue weighted by Gasteiger charge is -2.30. The second-order valence-electron chi connectivity index (χ2n) is 18.7. The van der Waals surface area contributed by atoms with Crippen molar-refractivity contribution in [3.8, 4) is 55.6 Å². The van der Waals surface area contributed by atoms with E-state index in [-0.39, 0.29) is 10.8 Å². The molecular weight excluding hydrogens is 775 g/mol. The number of fused-ring (bicyclic) bond motifs is 11. The molecule has 2 nitrogen and oxygen atoms in total. The van der Waals surface area contributed by atoms with E-state index in [1.165, 1.54) is 109 Å². The molecule has 0 amide bonds. The van der Waals surface area contributed by atoms with Crippen molar-refractivity contribution in [3.05, 3.63) is 222 Å². The lowest BCUT2D eigenvalue weighted by molar-refractivity contribution is 0.550. The highest BCUT2D eigenvalue weighted by Crippen LogP contribution is 2.58. The molecule has 64 heavy (non-hydrogen) atoms. The lowest BCUT2D eigenvalue weighted by atomic mass is 9.76. The summed E-state index contributed by atoms with van der Waals surface area (Å²) in [6, 6.07) is 74.4. The molecule has 0 N–H and O–H groups in total. The van der Waals surface area contributed by atoms with E-state index in [0.717, 1.165) is 33.3 Å². The minimum Gasteiger partial charge on any atom is -0.456 e. The van der Waals surface area contributed by atoms with Gasteiger partial charge >= 0.3 is 0 Å². The Labute approximate surface area is 375 Å². The van der Waals surface area contributed by atoms with E-state index in [0.29, 0.717) is 0 Å². The van der Waals surface area contributed by atoms with Gasteiger partial charge in [-0.1, -0.05) is 178 Å². The van der Waals surface area contributed by atoms with Crippen molar-refractivity contribution in [2.75, 3.05) is 4.90 Å². The third-order valence-corrected chi connectivity index (χ3v) is 15.0. The molecule has 0 radical (unpaired) electrons. The fourth-order valence-electron chi connectivity index (χ4n) is 12.2. The minimum absolute atomic E-state index is 0.0740. The topological polar surface area (TPSA) is 16.4 Å². The van der Waals surface area contributed by atoms with Crippen molar-refractivity contribution in [2.24, 2.45) is 0 Å². The van der Waals surface area contributed by atoms with Gasteiger partial charge < -0.3 is 9.32 Å². The van der Waals surface area contributed by atoms with Gasteiger partial charge in [-0.15, -0.1) is 0 Å². The van der Waals surface area contributed by atoms with Crippen LogP contribution in [0.5, 0.6) is 0 Å². The summed E-state index contributed by atoms with van der Waals surface area (Å²) in [5, 5.41) is 2.30. The van der Waals surface area contributed by atoms with Crippen LogP contribution in [-0.4, -0.2) is 0 Å². The third kappa shape index (κ3) is 5.38. The zero-order valence-corrected chi connectivity index (χ0v) is 36.2. The van der Waals surface area contributed by atoms with Gasteiger partial charge in [-0.25, -0.2) is 0 Å². The molecule has 9 aromatic carbocycles. The molecule has 3 aliphatic rings. The normalized spacial score (nSPS) is 15.0. The van der Waals surface area contributed by atoms with Gasteiger partial charge in [0.1, 0.15) is 11.2 Å². The van der Waals surface area contributed by atoms with Gasteiger partial charge in [0.2, 0.25) is 0 Å². The zero-order chi connectivity index (χ0) is 42.6. The number of nitrogens with zero attached hydrogens (tertiary/aromatic N) is 1. The van der Waals surface area contributed by atoms with Crippen molar-refractivity contribution in [2.45, 2.75) is 50.4 Å². The van der Waals surface area contributed by atoms with Crippen LogP contribution >= 0.6 is 0 Å². The van der Waals surface area contributed by atoms with Gasteiger partial charge in [0, 0.05) is 38.7 Å². The Morgan fingerprint density at radius 2 is 0.891 bits per heavy atom. The average Bonchev–Trinajstić information content (AvgIpc) is 4.11. The van der Waals surface area contributed by atoms with Gasteiger partial charge in [-0.3, -0.25) is 0 Å². The fourth-order valence-corrected chi connectivity index (χ4v) is 12.2. The molecule has 1 fully saturated rings. The Hall–Kier alpha value is -7.42. The van der Waals surface area contributed by atoms with Crippen molar-refractivity contribution in [1.29, 1.82) is 0 Å². The molecule has 0 saturated heterocycles. The van der Waals surface area contributed by atoms with Gasteiger partial charge in [0.15, 0.2) is 0 Å². The van der Waals surface area contributed by atoms with Crippen LogP contribution < -0.4 is 4.90 Å². The van der Waals surface area contributed by atoms with E-state index in [4.69, 9.17) is 4.42 Å². The number of furan rings is 1. The Morgan fingerprint density at radius 1 is 0.391 bits per heavy atom. The molecule has 306 valence electrons. The largest absolute Gasteiger partial charge is 0.456 e. The highest BCUT2D eigenvalue weighted by atomic mass is 16.3. The third-order valence-electron chi connectivity index (χ3n) is 15.0. The maximum Gasteiger partial charge on any atom is 0.136 e. The van der Waals surface area contributed by atoms with E-state index in [1.54, 1.807) is 0 Å². The van der Waals surface area contributed by atoms with Crippen LogP contribution in [0.25, 0.3) is 77.6 Å². The molecule has 2 heteroatoms. The van der Waals surface area contributed by atoms with Gasteiger partial charge in [0.05, 0.1) is 0 Å². The highest BCUT2D eigenvalue weighted by Gasteiger charge is 2.45. The molecule has 1 aromatic heterocycles. The maximum atomic E-state index is 6.30. The average molecular weight is 822 g/mol. The molecule has 13 rings (SSSR count). The molecule has 0 unspecified atom stereocenters. The maximum absolute atomic E-state index is 6.30. The molecule has 1 saturated carbocycles. The summed E-state index contributed by atoms with van der Waals surface area (Å²) in [5.41, 5.74) is 23.9. The predicted molar refractivity (Wildman–Crippen MR) is 267 cm³/mol. The number of anilines is 3. The van der Waals surface area contributed by atoms with E-state index < -0.39 is 0 Å². The second-order valence-corrected chi connectivity index (χ2v) is 18.7. The quantitative estimate of drug-likeness (QED) is 0.166. The van der Waals surface area contributed by atoms with E-state index in [9.17, 15) is 0 Å². The zero-order valence-electron chi connectivity index (χ0n) is 36.2. The number of rotatable bonds is 6. The summed E-state index contributed by atoms with van der Waals surface area (Å²) in [6.45, 7) is 4.76.